The van der Waals surface area contributed by atoms with Crippen LogP contribution in [-0.2, 0) is 4.74 Å². The van der Waals surface area contributed by atoms with Crippen LogP contribution in [0.5, 0.6) is 11.5 Å². The van der Waals surface area contributed by atoms with Gasteiger partial charge in [-0.1, -0.05) is 20.8 Å². The van der Waals surface area contributed by atoms with E-state index >= 15 is 0 Å². The van der Waals surface area contributed by atoms with Gasteiger partial charge in [-0.3, -0.25) is 4.99 Å². The summed E-state index contributed by atoms with van der Waals surface area (Å²) in [5.41, 5.74) is 0.143. The van der Waals surface area contributed by atoms with Gasteiger partial charge < -0.3 is 24.8 Å². The molecule has 3 unspecified atom stereocenters. The fourth-order valence-electron chi connectivity index (χ4n) is 3.63. The molecule has 2 N–H and O–H groups in total. The third-order valence-electron chi connectivity index (χ3n) is 5.01. The van der Waals surface area contributed by atoms with E-state index in [0.29, 0.717) is 12.5 Å². The van der Waals surface area contributed by atoms with Crippen molar-refractivity contribution in [1.29, 1.82) is 0 Å². The van der Waals surface area contributed by atoms with Crippen LogP contribution in [0.2, 0.25) is 0 Å². The molecule has 1 fully saturated rings. The monoisotopic (exact) mass is 519 g/mol. The van der Waals surface area contributed by atoms with Crippen LogP contribution in [0.4, 0.5) is 0 Å². The molecule has 1 heterocycles. The lowest BCUT2D eigenvalue weighted by Gasteiger charge is -2.40. The summed E-state index contributed by atoms with van der Waals surface area (Å²) >= 11 is 0. The second kappa shape index (κ2) is 12.5. The van der Waals surface area contributed by atoms with Gasteiger partial charge in [-0.2, -0.15) is 0 Å². The van der Waals surface area contributed by atoms with Gasteiger partial charge in [-0.25, -0.2) is 0 Å². The van der Waals surface area contributed by atoms with Crippen LogP contribution < -0.4 is 20.1 Å². The van der Waals surface area contributed by atoms with Gasteiger partial charge in [0.2, 0.25) is 0 Å². The first kappa shape index (κ1) is 25.8. The Morgan fingerprint density at radius 1 is 1.21 bits per heavy atom. The highest BCUT2D eigenvalue weighted by Gasteiger charge is 2.35. The first-order valence-corrected chi connectivity index (χ1v) is 10.2. The van der Waals surface area contributed by atoms with Crippen molar-refractivity contribution < 1.29 is 14.2 Å². The molecule has 0 saturated carbocycles. The Hall–Kier alpha value is -1.22. The van der Waals surface area contributed by atoms with E-state index in [1.807, 2.05) is 31.2 Å². The molecule has 0 aromatic heterocycles. The van der Waals surface area contributed by atoms with Crippen LogP contribution in [0.15, 0.2) is 29.3 Å². The van der Waals surface area contributed by atoms with Crippen molar-refractivity contribution in [3.63, 3.8) is 0 Å². The van der Waals surface area contributed by atoms with Gasteiger partial charge in [0.05, 0.1) is 19.8 Å². The van der Waals surface area contributed by atoms with Gasteiger partial charge in [0.25, 0.3) is 0 Å². The minimum Gasteiger partial charge on any atom is -0.497 e. The van der Waals surface area contributed by atoms with E-state index in [-0.39, 0.29) is 41.6 Å². The maximum atomic E-state index is 6.07. The van der Waals surface area contributed by atoms with E-state index in [2.05, 4.69) is 36.4 Å². The van der Waals surface area contributed by atoms with Gasteiger partial charge in [-0.05, 0) is 49.4 Å². The number of methoxy groups -OCH3 is 1. The van der Waals surface area contributed by atoms with Crippen molar-refractivity contribution in [1.82, 2.24) is 10.6 Å². The Bertz CT molecular complexity index is 617. The number of benzene rings is 1. The predicted molar refractivity (Wildman–Crippen MR) is 130 cm³/mol. The average molecular weight is 519 g/mol. The quantitative estimate of drug-likeness (QED) is 0.323. The predicted octanol–water partition coefficient (Wildman–Crippen LogP) is 4.09. The number of halogens is 1. The molecular weight excluding hydrogens is 481 g/mol. The third kappa shape index (κ3) is 8.58. The van der Waals surface area contributed by atoms with Crippen molar-refractivity contribution >= 4 is 29.9 Å². The van der Waals surface area contributed by atoms with Crippen molar-refractivity contribution in [2.75, 3.05) is 33.9 Å². The molecular formula is C22H38IN3O3. The summed E-state index contributed by atoms with van der Waals surface area (Å²) in [6, 6.07) is 7.62. The molecule has 29 heavy (non-hydrogen) atoms. The number of hydrogen-bond acceptors (Lipinski definition) is 4. The molecule has 3 atom stereocenters. The summed E-state index contributed by atoms with van der Waals surface area (Å²) in [5.74, 6) is 2.93. The van der Waals surface area contributed by atoms with Crippen molar-refractivity contribution in [3.8, 4) is 11.5 Å². The van der Waals surface area contributed by atoms with Gasteiger partial charge in [0, 0.05) is 26.1 Å². The van der Waals surface area contributed by atoms with Crippen LogP contribution in [0.25, 0.3) is 0 Å². The first-order chi connectivity index (χ1) is 13.3. The SMILES string of the molecule is CN=C(NCC(C)Oc1ccc(OC)cc1)NCC1CCCOC1C(C)(C)C.I. The Morgan fingerprint density at radius 3 is 2.45 bits per heavy atom. The summed E-state index contributed by atoms with van der Waals surface area (Å²) in [6.45, 7) is 11.2. The summed E-state index contributed by atoms with van der Waals surface area (Å²) in [7, 11) is 3.45. The minimum absolute atomic E-state index is 0. The third-order valence-corrected chi connectivity index (χ3v) is 5.01. The van der Waals surface area contributed by atoms with Crippen molar-refractivity contribution in [3.05, 3.63) is 24.3 Å². The zero-order valence-corrected chi connectivity index (χ0v) is 21.0. The van der Waals surface area contributed by atoms with Gasteiger partial charge in [0.15, 0.2) is 5.96 Å². The van der Waals surface area contributed by atoms with E-state index in [1.54, 1.807) is 14.2 Å². The molecule has 1 aromatic carbocycles. The molecule has 0 amide bonds. The molecule has 0 spiro atoms. The number of hydrogen-bond donors (Lipinski definition) is 2. The van der Waals surface area contributed by atoms with Crippen LogP contribution in [0.3, 0.4) is 0 Å². The smallest absolute Gasteiger partial charge is 0.191 e. The van der Waals surface area contributed by atoms with E-state index in [1.165, 1.54) is 6.42 Å². The number of rotatable bonds is 7. The highest BCUT2D eigenvalue weighted by Crippen LogP contribution is 2.33. The normalized spacial score (nSPS) is 21.0. The van der Waals surface area contributed by atoms with Crippen LogP contribution in [0, 0.1) is 11.3 Å². The highest BCUT2D eigenvalue weighted by molar-refractivity contribution is 14.0. The molecule has 1 saturated heterocycles. The maximum absolute atomic E-state index is 6.07. The lowest BCUT2D eigenvalue weighted by atomic mass is 9.78. The van der Waals surface area contributed by atoms with E-state index in [9.17, 15) is 0 Å². The van der Waals surface area contributed by atoms with Crippen LogP contribution >= 0.6 is 24.0 Å². The van der Waals surface area contributed by atoms with E-state index in [0.717, 1.165) is 37.0 Å². The van der Waals surface area contributed by atoms with Crippen LogP contribution in [-0.4, -0.2) is 52.0 Å². The molecule has 0 radical (unpaired) electrons. The number of ether oxygens (including phenoxy) is 3. The topological polar surface area (TPSA) is 64.1 Å². The summed E-state index contributed by atoms with van der Waals surface area (Å²) < 4.78 is 17.2. The number of guanidine groups is 1. The summed E-state index contributed by atoms with van der Waals surface area (Å²) in [4.78, 5) is 4.34. The van der Waals surface area contributed by atoms with Crippen molar-refractivity contribution in [2.45, 2.75) is 52.7 Å². The Morgan fingerprint density at radius 2 is 1.86 bits per heavy atom. The van der Waals surface area contributed by atoms with Gasteiger partial charge in [0.1, 0.15) is 17.6 Å². The molecule has 166 valence electrons. The number of aliphatic imine (C=N–C) groups is 1. The molecule has 0 aliphatic carbocycles. The van der Waals surface area contributed by atoms with Gasteiger partial charge in [-0.15, -0.1) is 24.0 Å². The maximum Gasteiger partial charge on any atom is 0.191 e. The van der Waals surface area contributed by atoms with Gasteiger partial charge >= 0.3 is 0 Å². The molecule has 0 bridgehead atoms. The molecule has 6 nitrogen and oxygen atoms in total. The fourth-order valence-corrected chi connectivity index (χ4v) is 3.63. The van der Waals surface area contributed by atoms with E-state index in [4.69, 9.17) is 14.2 Å². The van der Waals surface area contributed by atoms with E-state index < -0.39 is 0 Å². The summed E-state index contributed by atoms with van der Waals surface area (Å²) in [5, 5.41) is 6.82. The fraction of sp³-hybridized carbons (Fsp3) is 0.682. The Balaban J connectivity index is 0.00000420. The highest BCUT2D eigenvalue weighted by atomic mass is 127. The summed E-state index contributed by atoms with van der Waals surface area (Å²) in [6.07, 6.45) is 2.58. The second-order valence-electron chi connectivity index (χ2n) is 8.50. The zero-order chi connectivity index (χ0) is 20.6. The largest absolute Gasteiger partial charge is 0.497 e. The van der Waals surface area contributed by atoms with Crippen LogP contribution in [0.1, 0.15) is 40.5 Å². The molecule has 1 aliphatic rings. The molecule has 1 aliphatic heterocycles. The Labute approximate surface area is 193 Å². The molecule has 1 aromatic rings. The minimum atomic E-state index is 0. The first-order valence-electron chi connectivity index (χ1n) is 10.2. The molecule has 2 rings (SSSR count). The average Bonchev–Trinajstić information content (AvgIpc) is 2.68. The second-order valence-corrected chi connectivity index (χ2v) is 8.50. The number of nitrogens with zero attached hydrogens (tertiary/aromatic N) is 1. The lowest BCUT2D eigenvalue weighted by molar-refractivity contribution is -0.0835. The van der Waals surface area contributed by atoms with Crippen molar-refractivity contribution in [2.24, 2.45) is 16.3 Å². The standard InChI is InChI=1S/C22H37N3O3.HI/c1-16(28-19-11-9-18(26-6)10-12-19)14-24-21(23-5)25-15-17-8-7-13-27-20(17)22(2,3)4;/h9-12,16-17,20H,7-8,13-15H2,1-6H3,(H2,23,24,25);1H. The molecule has 7 heteroatoms. The lowest BCUT2D eigenvalue weighted by Crippen LogP contribution is -2.48. The zero-order valence-electron chi connectivity index (χ0n) is 18.7. The Kier molecular flexibility index (Phi) is 11.1. The number of nitrogens with one attached hydrogen (secondary N) is 2.